The molecule has 1 aromatic rings. The largest absolute Gasteiger partial charge is 0.492 e. The first-order valence-corrected chi connectivity index (χ1v) is 7.75. The van der Waals surface area contributed by atoms with Gasteiger partial charge in [-0.2, -0.15) is 0 Å². The molecule has 1 N–H and O–H groups in total. The number of carboxylic acids is 1. The Hall–Kier alpha value is -1.07. The number of aliphatic carboxylic acids is 1. The van der Waals surface area contributed by atoms with Crippen LogP contribution in [0.25, 0.3) is 0 Å². The van der Waals surface area contributed by atoms with E-state index in [1.54, 1.807) is 0 Å². The van der Waals surface area contributed by atoms with E-state index in [-0.39, 0.29) is 12.3 Å². The monoisotopic (exact) mass is 341 g/mol. The Morgan fingerprint density at radius 2 is 2.15 bits per heavy atom. The number of hydrogen-bond acceptors (Lipinski definition) is 3. The van der Waals surface area contributed by atoms with E-state index in [1.807, 2.05) is 24.3 Å². The molecule has 1 saturated heterocycles. The van der Waals surface area contributed by atoms with Crippen LogP contribution in [0.15, 0.2) is 28.7 Å². The summed E-state index contributed by atoms with van der Waals surface area (Å²) < 4.78 is 6.74. The second-order valence-corrected chi connectivity index (χ2v) is 6.12. The zero-order valence-electron chi connectivity index (χ0n) is 11.4. The molecule has 2 rings (SSSR count). The van der Waals surface area contributed by atoms with Crippen LogP contribution in [0.2, 0.25) is 0 Å². The Morgan fingerprint density at radius 3 is 2.85 bits per heavy atom. The van der Waals surface area contributed by atoms with Crippen LogP contribution in [-0.4, -0.2) is 42.2 Å². The molecule has 1 aliphatic rings. The summed E-state index contributed by atoms with van der Waals surface area (Å²) in [6.07, 6.45) is 2.39. The zero-order chi connectivity index (χ0) is 14.4. The highest BCUT2D eigenvalue weighted by Crippen LogP contribution is 2.20. The number of benzene rings is 1. The molecule has 1 heterocycles. The molecule has 20 heavy (non-hydrogen) atoms. The van der Waals surface area contributed by atoms with Crippen LogP contribution in [0.4, 0.5) is 0 Å². The standard InChI is InChI=1S/C15H20BrNO3/c16-13-3-5-14(6-4-13)20-9-8-17-7-1-2-12(11-17)10-15(18)19/h3-6,12H,1-2,7-11H2,(H,18,19). The van der Waals surface area contributed by atoms with Crippen molar-refractivity contribution in [2.45, 2.75) is 19.3 Å². The molecule has 0 aromatic heterocycles. The summed E-state index contributed by atoms with van der Waals surface area (Å²) in [5.74, 6) is 0.462. The third-order valence-electron chi connectivity index (χ3n) is 3.56. The Balaban J connectivity index is 1.70. The molecule has 0 amide bonds. The molecule has 0 aliphatic carbocycles. The quantitative estimate of drug-likeness (QED) is 0.863. The summed E-state index contributed by atoms with van der Waals surface area (Å²) in [5, 5.41) is 8.85. The lowest BCUT2D eigenvalue weighted by molar-refractivity contribution is -0.138. The Labute approximate surface area is 127 Å². The fourth-order valence-corrected chi connectivity index (χ4v) is 2.86. The van der Waals surface area contributed by atoms with Crippen LogP contribution in [0.3, 0.4) is 0 Å². The number of halogens is 1. The first-order chi connectivity index (χ1) is 9.63. The molecule has 0 bridgehead atoms. The summed E-state index contributed by atoms with van der Waals surface area (Å²) in [6, 6.07) is 7.79. The van der Waals surface area contributed by atoms with Gasteiger partial charge in [-0.3, -0.25) is 9.69 Å². The third kappa shape index (κ3) is 5.13. The maximum absolute atomic E-state index is 10.8. The topological polar surface area (TPSA) is 49.8 Å². The molecule has 1 fully saturated rings. The highest BCUT2D eigenvalue weighted by atomic mass is 79.9. The molecule has 110 valence electrons. The van der Waals surface area contributed by atoms with Crippen molar-refractivity contribution in [1.29, 1.82) is 0 Å². The smallest absolute Gasteiger partial charge is 0.303 e. The molecule has 1 aliphatic heterocycles. The van der Waals surface area contributed by atoms with Crippen molar-refractivity contribution in [3.63, 3.8) is 0 Å². The van der Waals surface area contributed by atoms with Crippen molar-refractivity contribution in [3.05, 3.63) is 28.7 Å². The van der Waals surface area contributed by atoms with Gasteiger partial charge in [0, 0.05) is 24.0 Å². The number of piperidine rings is 1. The number of hydrogen-bond donors (Lipinski definition) is 1. The van der Waals surface area contributed by atoms with Gasteiger partial charge in [0.15, 0.2) is 0 Å². The van der Waals surface area contributed by atoms with Crippen molar-refractivity contribution in [2.24, 2.45) is 5.92 Å². The maximum Gasteiger partial charge on any atom is 0.303 e. The highest BCUT2D eigenvalue weighted by molar-refractivity contribution is 9.10. The third-order valence-corrected chi connectivity index (χ3v) is 4.08. The number of nitrogens with zero attached hydrogens (tertiary/aromatic N) is 1. The Morgan fingerprint density at radius 1 is 1.40 bits per heavy atom. The summed E-state index contributed by atoms with van der Waals surface area (Å²) >= 11 is 3.39. The molecular formula is C15H20BrNO3. The van der Waals surface area contributed by atoms with Crippen molar-refractivity contribution in [1.82, 2.24) is 4.90 Å². The maximum atomic E-state index is 10.8. The van der Waals surface area contributed by atoms with E-state index in [1.165, 1.54) is 0 Å². The molecule has 0 radical (unpaired) electrons. The number of rotatable bonds is 6. The molecule has 1 unspecified atom stereocenters. The second-order valence-electron chi connectivity index (χ2n) is 5.21. The lowest BCUT2D eigenvalue weighted by atomic mass is 9.95. The van der Waals surface area contributed by atoms with E-state index in [4.69, 9.17) is 9.84 Å². The van der Waals surface area contributed by atoms with Gasteiger partial charge in [0.05, 0.1) is 0 Å². The van der Waals surface area contributed by atoms with E-state index >= 15 is 0 Å². The van der Waals surface area contributed by atoms with Crippen molar-refractivity contribution in [3.8, 4) is 5.75 Å². The van der Waals surface area contributed by atoms with Gasteiger partial charge in [-0.15, -0.1) is 0 Å². The second kappa shape index (κ2) is 7.64. The molecule has 1 aromatic carbocycles. The van der Waals surface area contributed by atoms with Crippen LogP contribution in [0.1, 0.15) is 19.3 Å². The van der Waals surface area contributed by atoms with E-state index in [2.05, 4.69) is 20.8 Å². The van der Waals surface area contributed by atoms with Crippen molar-refractivity contribution < 1.29 is 14.6 Å². The molecular weight excluding hydrogens is 322 g/mol. The molecule has 0 saturated carbocycles. The first kappa shape index (κ1) is 15.3. The van der Waals surface area contributed by atoms with Crippen LogP contribution < -0.4 is 4.74 Å². The minimum Gasteiger partial charge on any atom is -0.492 e. The van der Waals surface area contributed by atoms with Gasteiger partial charge in [0.25, 0.3) is 0 Å². The normalized spacial score (nSPS) is 19.8. The Bertz CT molecular complexity index is 435. The Kier molecular flexibility index (Phi) is 5.86. The van der Waals surface area contributed by atoms with Crippen molar-refractivity contribution >= 4 is 21.9 Å². The van der Waals surface area contributed by atoms with Crippen LogP contribution in [0.5, 0.6) is 5.75 Å². The summed E-state index contributed by atoms with van der Waals surface area (Å²) in [5.41, 5.74) is 0. The zero-order valence-corrected chi connectivity index (χ0v) is 13.0. The highest BCUT2D eigenvalue weighted by Gasteiger charge is 2.21. The molecule has 0 spiro atoms. The van der Waals surface area contributed by atoms with Gasteiger partial charge in [0.1, 0.15) is 12.4 Å². The predicted octanol–water partition coefficient (Wildman–Crippen LogP) is 3.01. The SMILES string of the molecule is O=C(O)CC1CCCN(CCOc2ccc(Br)cc2)C1. The number of carbonyl (C=O) groups is 1. The lowest BCUT2D eigenvalue weighted by Crippen LogP contribution is -2.38. The van der Waals surface area contributed by atoms with Crippen LogP contribution >= 0.6 is 15.9 Å². The number of likely N-dealkylation sites (tertiary alicyclic amines) is 1. The van der Waals surface area contributed by atoms with Gasteiger partial charge in [0.2, 0.25) is 0 Å². The average molecular weight is 342 g/mol. The fraction of sp³-hybridized carbons (Fsp3) is 0.533. The lowest BCUT2D eigenvalue weighted by Gasteiger charge is -2.31. The number of carboxylic acid groups (broad SMARTS) is 1. The molecule has 5 heteroatoms. The predicted molar refractivity (Wildman–Crippen MR) is 81.1 cm³/mol. The van der Waals surface area contributed by atoms with Crippen molar-refractivity contribution in [2.75, 3.05) is 26.2 Å². The van der Waals surface area contributed by atoms with Gasteiger partial charge in [-0.05, 0) is 49.6 Å². The number of ether oxygens (including phenoxy) is 1. The summed E-state index contributed by atoms with van der Waals surface area (Å²) in [6.45, 7) is 3.41. The molecule has 4 nitrogen and oxygen atoms in total. The van der Waals surface area contributed by atoms with E-state index in [0.29, 0.717) is 6.61 Å². The first-order valence-electron chi connectivity index (χ1n) is 6.96. The van der Waals surface area contributed by atoms with Gasteiger partial charge < -0.3 is 9.84 Å². The van der Waals surface area contributed by atoms with E-state index < -0.39 is 5.97 Å². The van der Waals surface area contributed by atoms with Crippen LogP contribution in [0, 0.1) is 5.92 Å². The van der Waals surface area contributed by atoms with E-state index in [9.17, 15) is 4.79 Å². The van der Waals surface area contributed by atoms with Gasteiger partial charge in [-0.25, -0.2) is 0 Å². The van der Waals surface area contributed by atoms with E-state index in [0.717, 1.165) is 42.7 Å². The minimum absolute atomic E-state index is 0.282. The molecule has 1 atom stereocenters. The van der Waals surface area contributed by atoms with Gasteiger partial charge >= 0.3 is 5.97 Å². The average Bonchev–Trinajstić information content (AvgIpc) is 2.41. The van der Waals surface area contributed by atoms with Crippen LogP contribution in [-0.2, 0) is 4.79 Å². The summed E-state index contributed by atoms with van der Waals surface area (Å²) in [4.78, 5) is 13.1. The minimum atomic E-state index is -0.692. The van der Waals surface area contributed by atoms with Gasteiger partial charge in [-0.1, -0.05) is 15.9 Å². The summed E-state index contributed by atoms with van der Waals surface area (Å²) in [7, 11) is 0. The fourth-order valence-electron chi connectivity index (χ4n) is 2.59.